The van der Waals surface area contributed by atoms with E-state index in [0.717, 1.165) is 5.39 Å². The number of nitrogens with zero attached hydrogens (tertiary/aromatic N) is 1. The molecule has 1 N–H and O–H groups in total. The summed E-state index contributed by atoms with van der Waals surface area (Å²) in [6.45, 7) is 7.44. The molecule has 2 heterocycles. The van der Waals surface area contributed by atoms with E-state index in [1.165, 1.54) is 30.7 Å². The summed E-state index contributed by atoms with van der Waals surface area (Å²) in [4.78, 5) is 16.1. The number of hydrogen-bond donors (Lipinski definition) is 1. The van der Waals surface area contributed by atoms with E-state index in [1.54, 1.807) is 25.1 Å². The number of benzene rings is 2. The predicted octanol–water partition coefficient (Wildman–Crippen LogP) is 6.01. The van der Waals surface area contributed by atoms with Crippen molar-refractivity contribution >= 4 is 28.3 Å². The Bertz CT molecular complexity index is 1470. The van der Waals surface area contributed by atoms with Gasteiger partial charge < -0.3 is 18.4 Å². The number of rotatable bonds is 10. The molecule has 39 heavy (non-hydrogen) atoms. The predicted molar refractivity (Wildman–Crippen MR) is 145 cm³/mol. The van der Waals surface area contributed by atoms with E-state index in [9.17, 15) is 13.7 Å². The number of ether oxygens (including phenoxy) is 2. The molecule has 2 aromatic heterocycles. The van der Waals surface area contributed by atoms with Crippen LogP contribution in [0.2, 0.25) is 0 Å². The molecule has 0 fully saturated rings. The summed E-state index contributed by atoms with van der Waals surface area (Å²) < 4.78 is 60.9. The minimum Gasteiger partial charge on any atom is -0.598 e. The second-order valence-corrected chi connectivity index (χ2v) is 11.9. The maximum Gasteiger partial charge on any atom is 0.310 e. The van der Waals surface area contributed by atoms with Crippen molar-refractivity contribution < 1.29 is 32.0 Å². The average molecular weight is 557 g/mol. The molecule has 2 aromatic carbocycles. The largest absolute Gasteiger partial charge is 0.598 e. The lowest BCUT2D eigenvalue weighted by molar-refractivity contribution is -0.142. The summed E-state index contributed by atoms with van der Waals surface area (Å²) in [5, 5.41) is 0.738. The van der Waals surface area contributed by atoms with Gasteiger partial charge in [0.2, 0.25) is 0 Å². The Morgan fingerprint density at radius 3 is 2.67 bits per heavy atom. The molecule has 0 aliphatic carbocycles. The maximum absolute atomic E-state index is 15.6. The zero-order valence-electron chi connectivity index (χ0n) is 22.2. The van der Waals surface area contributed by atoms with Crippen molar-refractivity contribution in [2.75, 3.05) is 6.61 Å². The number of hydrogen-bond acceptors (Lipinski definition) is 7. The highest BCUT2D eigenvalue weighted by molar-refractivity contribution is 7.90. The first kappa shape index (κ1) is 28.5. The molecule has 206 valence electrons. The van der Waals surface area contributed by atoms with E-state index in [1.807, 2.05) is 26.8 Å². The highest BCUT2D eigenvalue weighted by Gasteiger charge is 2.27. The van der Waals surface area contributed by atoms with Gasteiger partial charge in [0.1, 0.15) is 28.5 Å². The molecule has 1 unspecified atom stereocenters. The number of pyridine rings is 1. The fraction of sp³-hybridized carbons (Fsp3) is 0.310. The van der Waals surface area contributed by atoms with Gasteiger partial charge in [-0.15, -0.1) is 4.72 Å². The lowest BCUT2D eigenvalue weighted by Crippen LogP contribution is -2.39. The first-order chi connectivity index (χ1) is 18.6. The molecule has 4 aromatic rings. The zero-order chi connectivity index (χ0) is 28.2. The third-order valence-corrected chi connectivity index (χ3v) is 7.37. The summed E-state index contributed by atoms with van der Waals surface area (Å²) in [7, 11) is 0. The number of esters is 1. The molecular weight excluding hydrogens is 526 g/mol. The quantitative estimate of drug-likeness (QED) is 0.189. The molecule has 0 saturated heterocycles. The fourth-order valence-corrected chi connectivity index (χ4v) is 4.65. The van der Waals surface area contributed by atoms with E-state index in [2.05, 4.69) is 9.71 Å². The first-order valence-corrected chi connectivity index (χ1v) is 13.6. The maximum atomic E-state index is 15.6. The molecule has 0 bridgehead atoms. The van der Waals surface area contributed by atoms with Crippen LogP contribution in [-0.4, -0.2) is 26.9 Å². The van der Waals surface area contributed by atoms with Gasteiger partial charge in [-0.25, -0.2) is 8.78 Å². The summed E-state index contributed by atoms with van der Waals surface area (Å²) in [6, 6.07) is 10.9. The topological polar surface area (TPSA) is 96.7 Å². The number of furan rings is 1. The van der Waals surface area contributed by atoms with Gasteiger partial charge in [-0.2, -0.15) is 0 Å². The molecule has 0 spiro atoms. The Hall–Kier alpha value is -3.47. The van der Waals surface area contributed by atoms with Crippen molar-refractivity contribution in [2.24, 2.45) is 0 Å². The van der Waals surface area contributed by atoms with Crippen molar-refractivity contribution in [1.29, 1.82) is 0 Å². The van der Waals surface area contributed by atoms with E-state index < -0.39 is 33.7 Å². The van der Waals surface area contributed by atoms with Crippen LogP contribution in [0.1, 0.15) is 44.5 Å². The van der Waals surface area contributed by atoms with Crippen molar-refractivity contribution in [2.45, 2.75) is 52.0 Å². The van der Waals surface area contributed by atoms with Crippen LogP contribution in [0.4, 0.5) is 8.78 Å². The Kier molecular flexibility index (Phi) is 8.89. The third kappa shape index (κ3) is 6.95. The minimum absolute atomic E-state index is 0.0124. The van der Waals surface area contributed by atoms with Crippen LogP contribution >= 0.6 is 0 Å². The molecular formula is C29H30F2N2O5S. The van der Waals surface area contributed by atoms with Crippen molar-refractivity contribution in [3.05, 3.63) is 83.4 Å². The number of fused-ring (bicyclic) bond motifs is 1. The molecule has 0 saturated carbocycles. The lowest BCUT2D eigenvalue weighted by atomic mass is 10.00. The van der Waals surface area contributed by atoms with Gasteiger partial charge >= 0.3 is 5.97 Å². The van der Waals surface area contributed by atoms with Crippen molar-refractivity contribution in [1.82, 2.24) is 9.71 Å². The van der Waals surface area contributed by atoms with E-state index in [0.29, 0.717) is 28.0 Å². The van der Waals surface area contributed by atoms with Gasteiger partial charge in [0.25, 0.3) is 0 Å². The number of aromatic nitrogens is 1. The third-order valence-electron chi connectivity index (χ3n) is 5.85. The van der Waals surface area contributed by atoms with Crippen molar-refractivity contribution in [3.63, 3.8) is 0 Å². The second-order valence-electron chi connectivity index (χ2n) is 9.83. The number of carbonyl (C=O) groups is 1. The Balaban J connectivity index is 1.62. The Morgan fingerprint density at radius 2 is 1.92 bits per heavy atom. The van der Waals surface area contributed by atoms with Crippen LogP contribution in [0.3, 0.4) is 0 Å². The molecule has 1 atom stereocenters. The standard InChI is InChI=1S/C29H30F2N2O5S/c1-5-36-26(34)15-20-14-21(30)6-7-25(20)38-17-18-12-19-9-11-37-28(19)23(13-18)22-8-10-32-24(27(22)31)16-33-39(35)29(2,3)4/h6-14,33H,5,15-17H2,1-4H3. The smallest absolute Gasteiger partial charge is 0.310 e. The monoisotopic (exact) mass is 556 g/mol. The van der Waals surface area contributed by atoms with E-state index in [4.69, 9.17) is 13.9 Å². The normalized spacial score (nSPS) is 12.5. The fourth-order valence-electron chi connectivity index (χ4n) is 3.95. The first-order valence-electron chi connectivity index (χ1n) is 12.4. The average Bonchev–Trinajstić information content (AvgIpc) is 3.35. The highest BCUT2D eigenvalue weighted by Crippen LogP contribution is 2.34. The summed E-state index contributed by atoms with van der Waals surface area (Å²) in [5.74, 6) is -1.19. The summed E-state index contributed by atoms with van der Waals surface area (Å²) in [6.07, 6.45) is 2.88. The summed E-state index contributed by atoms with van der Waals surface area (Å²) in [5.41, 5.74) is 2.46. The molecule has 0 amide bonds. The molecule has 0 radical (unpaired) electrons. The van der Waals surface area contributed by atoms with Gasteiger partial charge in [0.15, 0.2) is 5.82 Å². The molecule has 4 rings (SSSR count). The SMILES string of the molecule is CCOC(=O)Cc1cc(F)ccc1OCc1cc(-c2ccnc(CN[S+]([O-])C(C)(C)C)c2F)c2occc2c1. The van der Waals surface area contributed by atoms with Crippen LogP contribution in [0, 0.1) is 11.6 Å². The number of halogens is 2. The molecule has 0 aliphatic rings. The number of nitrogens with one attached hydrogen (secondary N) is 1. The summed E-state index contributed by atoms with van der Waals surface area (Å²) >= 11 is -1.39. The van der Waals surface area contributed by atoms with Crippen LogP contribution in [0.25, 0.3) is 22.1 Å². The highest BCUT2D eigenvalue weighted by atomic mass is 32.2. The van der Waals surface area contributed by atoms with E-state index >= 15 is 4.39 Å². The van der Waals surface area contributed by atoms with Crippen LogP contribution in [-0.2, 0) is 40.5 Å². The Labute approximate surface area is 228 Å². The van der Waals surface area contributed by atoms with Crippen LogP contribution in [0.5, 0.6) is 5.75 Å². The Morgan fingerprint density at radius 1 is 1.13 bits per heavy atom. The van der Waals surface area contributed by atoms with Gasteiger partial charge in [-0.05, 0) is 75.7 Å². The minimum atomic E-state index is -1.39. The molecule has 10 heteroatoms. The van der Waals surface area contributed by atoms with Crippen LogP contribution < -0.4 is 9.46 Å². The number of carbonyl (C=O) groups excluding carboxylic acids is 1. The zero-order valence-corrected chi connectivity index (χ0v) is 23.0. The lowest BCUT2D eigenvalue weighted by Gasteiger charge is -2.23. The molecule has 7 nitrogen and oxygen atoms in total. The van der Waals surface area contributed by atoms with Gasteiger partial charge in [0, 0.05) is 39.6 Å². The second kappa shape index (κ2) is 12.1. The van der Waals surface area contributed by atoms with E-state index in [-0.39, 0.29) is 37.4 Å². The van der Waals surface area contributed by atoms with Gasteiger partial charge in [0.05, 0.1) is 31.5 Å². The molecule has 0 aliphatic heterocycles. The van der Waals surface area contributed by atoms with Gasteiger partial charge in [-0.1, -0.05) is 0 Å². The van der Waals surface area contributed by atoms with Gasteiger partial charge in [-0.3, -0.25) is 9.78 Å². The van der Waals surface area contributed by atoms with Crippen molar-refractivity contribution in [3.8, 4) is 16.9 Å². The van der Waals surface area contributed by atoms with Crippen LogP contribution in [0.15, 0.2) is 59.3 Å².